The standard InChI is InChI=1S/C14H13BrClN3O2/c15-9-7-12(14(16)18-8-9)19-13(20)5-6-21-11-3-1-10(17)2-4-11/h1-4,7-8H,5-6,17H2,(H,19,20). The van der Waals surface area contributed by atoms with Crippen molar-refractivity contribution in [3.8, 4) is 5.75 Å². The summed E-state index contributed by atoms with van der Waals surface area (Å²) in [6.07, 6.45) is 1.76. The molecule has 0 bridgehead atoms. The molecule has 1 aromatic heterocycles. The molecule has 0 radical (unpaired) electrons. The summed E-state index contributed by atoms with van der Waals surface area (Å²) in [5.41, 5.74) is 6.70. The fraction of sp³-hybridized carbons (Fsp3) is 0.143. The van der Waals surface area contributed by atoms with Gasteiger partial charge in [0.1, 0.15) is 5.75 Å². The van der Waals surface area contributed by atoms with E-state index in [2.05, 4.69) is 26.2 Å². The lowest BCUT2D eigenvalue weighted by atomic mass is 10.3. The predicted molar refractivity (Wildman–Crippen MR) is 86.5 cm³/mol. The van der Waals surface area contributed by atoms with Gasteiger partial charge in [-0.05, 0) is 46.3 Å². The average molecular weight is 371 g/mol. The molecule has 0 unspecified atom stereocenters. The maximum atomic E-state index is 11.8. The third-order valence-corrected chi connectivity index (χ3v) is 3.29. The van der Waals surface area contributed by atoms with Gasteiger partial charge < -0.3 is 15.8 Å². The molecule has 2 aromatic rings. The summed E-state index contributed by atoms with van der Waals surface area (Å²) in [6.45, 7) is 0.259. The summed E-state index contributed by atoms with van der Waals surface area (Å²) in [4.78, 5) is 15.7. The summed E-state index contributed by atoms with van der Waals surface area (Å²) in [7, 11) is 0. The van der Waals surface area contributed by atoms with Gasteiger partial charge in [0.15, 0.2) is 5.15 Å². The van der Waals surface area contributed by atoms with Crippen molar-refractivity contribution < 1.29 is 9.53 Å². The molecule has 1 aromatic carbocycles. The number of hydrogen-bond donors (Lipinski definition) is 2. The summed E-state index contributed by atoms with van der Waals surface area (Å²) in [6, 6.07) is 8.67. The van der Waals surface area contributed by atoms with Crippen molar-refractivity contribution in [1.29, 1.82) is 0 Å². The average Bonchev–Trinajstić information content (AvgIpc) is 2.45. The molecular formula is C14H13BrClN3O2. The second kappa shape index (κ2) is 7.28. The quantitative estimate of drug-likeness (QED) is 0.624. The topological polar surface area (TPSA) is 77.2 Å². The number of amides is 1. The van der Waals surface area contributed by atoms with Crippen molar-refractivity contribution >= 4 is 44.8 Å². The van der Waals surface area contributed by atoms with Gasteiger partial charge >= 0.3 is 0 Å². The second-order valence-electron chi connectivity index (χ2n) is 4.21. The Morgan fingerprint density at radius 1 is 1.38 bits per heavy atom. The van der Waals surface area contributed by atoms with E-state index in [1.54, 1.807) is 36.5 Å². The number of nitrogens with two attached hydrogens (primary N) is 1. The number of benzene rings is 1. The molecule has 0 aliphatic carbocycles. The Balaban J connectivity index is 1.82. The monoisotopic (exact) mass is 369 g/mol. The Bertz CT molecular complexity index is 635. The van der Waals surface area contributed by atoms with Crippen molar-refractivity contribution in [2.24, 2.45) is 0 Å². The highest BCUT2D eigenvalue weighted by Gasteiger charge is 2.07. The van der Waals surface area contributed by atoms with Crippen LogP contribution in [0.5, 0.6) is 5.75 Å². The zero-order valence-corrected chi connectivity index (χ0v) is 13.3. The Kier molecular flexibility index (Phi) is 5.41. The molecule has 0 fully saturated rings. The van der Waals surface area contributed by atoms with Crippen LogP contribution in [0.2, 0.25) is 5.15 Å². The van der Waals surface area contributed by atoms with Crippen molar-refractivity contribution in [2.45, 2.75) is 6.42 Å². The molecule has 0 aliphatic heterocycles. The minimum absolute atomic E-state index is 0.202. The number of halogens is 2. The first-order valence-electron chi connectivity index (χ1n) is 6.14. The summed E-state index contributed by atoms with van der Waals surface area (Å²) < 4.78 is 6.19. The van der Waals surface area contributed by atoms with Crippen LogP contribution in [-0.2, 0) is 4.79 Å². The molecule has 21 heavy (non-hydrogen) atoms. The van der Waals surface area contributed by atoms with Crippen molar-refractivity contribution in [3.63, 3.8) is 0 Å². The lowest BCUT2D eigenvalue weighted by molar-refractivity contribution is -0.116. The Labute approximate surface area is 135 Å². The normalized spacial score (nSPS) is 10.2. The van der Waals surface area contributed by atoms with Crippen molar-refractivity contribution in [1.82, 2.24) is 4.98 Å². The molecule has 110 valence electrons. The van der Waals surface area contributed by atoms with Crippen LogP contribution < -0.4 is 15.8 Å². The minimum Gasteiger partial charge on any atom is -0.493 e. The zero-order chi connectivity index (χ0) is 15.2. The van der Waals surface area contributed by atoms with Gasteiger partial charge in [-0.25, -0.2) is 4.98 Å². The fourth-order valence-corrected chi connectivity index (χ4v) is 2.03. The van der Waals surface area contributed by atoms with E-state index in [1.807, 2.05) is 0 Å². The van der Waals surface area contributed by atoms with Crippen LogP contribution in [-0.4, -0.2) is 17.5 Å². The molecule has 0 aliphatic rings. The van der Waals surface area contributed by atoms with Crippen molar-refractivity contribution in [2.75, 3.05) is 17.7 Å². The third kappa shape index (κ3) is 4.91. The lowest BCUT2D eigenvalue weighted by Crippen LogP contribution is -2.15. The maximum Gasteiger partial charge on any atom is 0.227 e. The second-order valence-corrected chi connectivity index (χ2v) is 5.48. The van der Waals surface area contributed by atoms with E-state index >= 15 is 0 Å². The molecule has 7 heteroatoms. The molecule has 5 nitrogen and oxygen atoms in total. The number of nitrogen functional groups attached to an aromatic ring is 1. The van der Waals surface area contributed by atoms with Gasteiger partial charge in [0.05, 0.1) is 18.7 Å². The number of pyridine rings is 1. The summed E-state index contributed by atoms with van der Waals surface area (Å²) >= 11 is 9.16. The summed E-state index contributed by atoms with van der Waals surface area (Å²) in [5.74, 6) is 0.464. The van der Waals surface area contributed by atoms with Crippen LogP contribution in [0.1, 0.15) is 6.42 Å². The number of carbonyl (C=O) groups is 1. The molecule has 0 saturated heterocycles. The van der Waals surface area contributed by atoms with Gasteiger partial charge in [0.2, 0.25) is 5.91 Å². The van der Waals surface area contributed by atoms with E-state index in [1.165, 1.54) is 0 Å². The Morgan fingerprint density at radius 3 is 2.81 bits per heavy atom. The number of nitrogens with zero attached hydrogens (tertiary/aromatic N) is 1. The molecule has 1 amide bonds. The molecule has 0 spiro atoms. The molecule has 1 heterocycles. The van der Waals surface area contributed by atoms with Crippen LogP contribution in [0.4, 0.5) is 11.4 Å². The van der Waals surface area contributed by atoms with Crippen LogP contribution in [0, 0.1) is 0 Å². The van der Waals surface area contributed by atoms with E-state index in [9.17, 15) is 4.79 Å². The highest BCUT2D eigenvalue weighted by molar-refractivity contribution is 9.10. The van der Waals surface area contributed by atoms with Gasteiger partial charge in [-0.1, -0.05) is 11.6 Å². The van der Waals surface area contributed by atoms with Crippen LogP contribution >= 0.6 is 27.5 Å². The van der Waals surface area contributed by atoms with E-state index in [4.69, 9.17) is 22.1 Å². The number of rotatable bonds is 5. The van der Waals surface area contributed by atoms with E-state index in [0.29, 0.717) is 17.1 Å². The van der Waals surface area contributed by atoms with Crippen LogP contribution in [0.15, 0.2) is 41.0 Å². The SMILES string of the molecule is Nc1ccc(OCCC(=O)Nc2cc(Br)cnc2Cl)cc1. The Hall–Kier alpha value is -1.79. The smallest absolute Gasteiger partial charge is 0.227 e. The molecule has 0 atom stereocenters. The predicted octanol–water partition coefficient (Wildman–Crippen LogP) is 3.49. The highest BCUT2D eigenvalue weighted by Crippen LogP contribution is 2.23. The molecular weight excluding hydrogens is 358 g/mol. The maximum absolute atomic E-state index is 11.8. The van der Waals surface area contributed by atoms with Gasteiger partial charge in [-0.15, -0.1) is 0 Å². The van der Waals surface area contributed by atoms with Crippen molar-refractivity contribution in [3.05, 3.63) is 46.2 Å². The van der Waals surface area contributed by atoms with Gasteiger partial charge in [-0.3, -0.25) is 4.79 Å². The van der Waals surface area contributed by atoms with Gasteiger partial charge in [0, 0.05) is 16.4 Å². The number of anilines is 2. The van der Waals surface area contributed by atoms with E-state index in [0.717, 1.165) is 4.47 Å². The largest absolute Gasteiger partial charge is 0.493 e. The molecule has 0 saturated carbocycles. The first-order chi connectivity index (χ1) is 10.0. The lowest BCUT2D eigenvalue weighted by Gasteiger charge is -2.08. The van der Waals surface area contributed by atoms with E-state index < -0.39 is 0 Å². The van der Waals surface area contributed by atoms with Crippen LogP contribution in [0.3, 0.4) is 0 Å². The van der Waals surface area contributed by atoms with Crippen LogP contribution in [0.25, 0.3) is 0 Å². The minimum atomic E-state index is -0.202. The number of nitrogens with one attached hydrogen (secondary N) is 1. The first kappa shape index (κ1) is 15.6. The first-order valence-corrected chi connectivity index (χ1v) is 7.31. The third-order valence-electron chi connectivity index (χ3n) is 2.56. The summed E-state index contributed by atoms with van der Waals surface area (Å²) in [5, 5.41) is 2.92. The van der Waals surface area contributed by atoms with Gasteiger partial charge in [-0.2, -0.15) is 0 Å². The number of ether oxygens (including phenoxy) is 1. The number of carbonyl (C=O) groups excluding carboxylic acids is 1. The molecule has 3 N–H and O–H groups in total. The van der Waals surface area contributed by atoms with Gasteiger partial charge in [0.25, 0.3) is 0 Å². The number of hydrogen-bond acceptors (Lipinski definition) is 4. The molecule has 2 rings (SSSR count). The fourth-order valence-electron chi connectivity index (χ4n) is 1.55. The Morgan fingerprint density at radius 2 is 2.10 bits per heavy atom. The zero-order valence-electron chi connectivity index (χ0n) is 11.0. The van der Waals surface area contributed by atoms with E-state index in [-0.39, 0.29) is 24.1 Å². The highest BCUT2D eigenvalue weighted by atomic mass is 79.9. The number of aromatic nitrogens is 1.